The van der Waals surface area contributed by atoms with Gasteiger partial charge in [0.2, 0.25) is 5.88 Å². The first-order valence-corrected chi connectivity index (χ1v) is 11.1. The maximum Gasteiger partial charge on any atom is 0.410 e. The van der Waals surface area contributed by atoms with Crippen LogP contribution in [0.15, 0.2) is 24.3 Å². The highest BCUT2D eigenvalue weighted by molar-refractivity contribution is 6.29. The van der Waals surface area contributed by atoms with Crippen LogP contribution < -0.4 is 4.74 Å². The van der Waals surface area contributed by atoms with Gasteiger partial charge in [-0.15, -0.1) is 0 Å². The molecule has 2 aromatic heterocycles. The topological polar surface area (TPSA) is 151 Å². The minimum atomic E-state index is -0.555. The van der Waals surface area contributed by atoms with Crippen LogP contribution in [0.5, 0.6) is 5.88 Å². The molecule has 0 atom stereocenters. The number of pyridine rings is 2. The van der Waals surface area contributed by atoms with Gasteiger partial charge >= 0.3 is 6.09 Å². The van der Waals surface area contributed by atoms with Crippen molar-refractivity contribution in [3.63, 3.8) is 0 Å². The van der Waals surface area contributed by atoms with Crippen molar-refractivity contribution in [2.24, 2.45) is 0 Å². The summed E-state index contributed by atoms with van der Waals surface area (Å²) in [7, 11) is 0. The molecular formula is C22H30ClN5O7. The fourth-order valence-corrected chi connectivity index (χ4v) is 2.86. The molecule has 0 bridgehead atoms. The Labute approximate surface area is 208 Å². The van der Waals surface area contributed by atoms with E-state index in [4.69, 9.17) is 21.1 Å². The first-order chi connectivity index (χ1) is 16.2. The van der Waals surface area contributed by atoms with E-state index in [0.717, 1.165) is 6.42 Å². The van der Waals surface area contributed by atoms with Gasteiger partial charge in [0.15, 0.2) is 0 Å². The van der Waals surface area contributed by atoms with Crippen molar-refractivity contribution >= 4 is 29.1 Å². The lowest BCUT2D eigenvalue weighted by Crippen LogP contribution is -2.39. The monoisotopic (exact) mass is 511 g/mol. The number of hydrogen-bond acceptors (Lipinski definition) is 9. The molecule has 2 aromatic rings. The van der Waals surface area contributed by atoms with Crippen LogP contribution in [0.2, 0.25) is 5.15 Å². The first-order valence-electron chi connectivity index (χ1n) is 10.8. The summed E-state index contributed by atoms with van der Waals surface area (Å²) >= 11 is 5.49. The van der Waals surface area contributed by atoms with Gasteiger partial charge in [-0.3, -0.25) is 20.2 Å². The van der Waals surface area contributed by atoms with Crippen molar-refractivity contribution in [3.8, 4) is 5.88 Å². The molecule has 0 N–H and O–H groups in total. The normalized spacial score (nSPS) is 10.6. The molecule has 12 nitrogen and oxygen atoms in total. The van der Waals surface area contributed by atoms with Gasteiger partial charge in [-0.2, -0.15) is 0 Å². The molecule has 13 heteroatoms. The summed E-state index contributed by atoms with van der Waals surface area (Å²) < 4.78 is 10.9. The van der Waals surface area contributed by atoms with Crippen molar-refractivity contribution in [2.45, 2.75) is 53.6 Å². The van der Waals surface area contributed by atoms with Crippen molar-refractivity contribution < 1.29 is 24.1 Å². The molecule has 0 aromatic carbocycles. The smallest absolute Gasteiger partial charge is 0.410 e. The molecule has 35 heavy (non-hydrogen) atoms. The van der Waals surface area contributed by atoms with Crippen molar-refractivity contribution in [3.05, 3.63) is 61.0 Å². The standard InChI is InChI=1S/C16H25N3O5.C6H5ClN2O2/c1-6-9-18(15(20)24-16(3,4)5)10-11-23-14-8-7-13(19(21)22)12(2)17-14;1-4-5(9(10)11)2-3-6(7)8-4/h7-8H,6,9-11H2,1-5H3;2-3H,1H3. The lowest BCUT2D eigenvalue weighted by Gasteiger charge is -2.27. The van der Waals surface area contributed by atoms with Gasteiger partial charge in [-0.25, -0.2) is 14.8 Å². The minimum Gasteiger partial charge on any atom is -0.476 e. The maximum atomic E-state index is 12.1. The number of ether oxygens (including phenoxy) is 2. The van der Waals surface area contributed by atoms with E-state index in [1.54, 1.807) is 18.7 Å². The number of nitro groups is 2. The Morgan fingerprint density at radius 2 is 1.54 bits per heavy atom. The highest BCUT2D eigenvalue weighted by Crippen LogP contribution is 2.19. The Balaban J connectivity index is 0.000000462. The Hall–Kier alpha value is -3.54. The second kappa shape index (κ2) is 13.4. The molecule has 0 radical (unpaired) electrons. The summed E-state index contributed by atoms with van der Waals surface area (Å²) in [6, 6.07) is 5.54. The lowest BCUT2D eigenvalue weighted by molar-refractivity contribution is -0.385. The quantitative estimate of drug-likeness (QED) is 0.262. The highest BCUT2D eigenvalue weighted by atomic mass is 35.5. The number of nitrogens with zero attached hydrogens (tertiary/aromatic N) is 5. The largest absolute Gasteiger partial charge is 0.476 e. The maximum absolute atomic E-state index is 12.1. The van der Waals surface area contributed by atoms with E-state index in [1.807, 2.05) is 27.7 Å². The minimum absolute atomic E-state index is 0.00519. The number of aromatic nitrogens is 2. The third-order valence-electron chi connectivity index (χ3n) is 4.21. The summed E-state index contributed by atoms with van der Waals surface area (Å²) in [6.45, 7) is 11.6. The third kappa shape index (κ3) is 10.5. The van der Waals surface area contributed by atoms with Crippen molar-refractivity contribution in [2.75, 3.05) is 19.7 Å². The summed E-state index contributed by atoms with van der Waals surface area (Å²) in [5.41, 5.74) is 0.0108. The molecule has 0 fully saturated rings. The molecule has 0 saturated carbocycles. The number of halogens is 1. The van der Waals surface area contributed by atoms with E-state index in [2.05, 4.69) is 9.97 Å². The Bertz CT molecular complexity index is 1040. The summed E-state index contributed by atoms with van der Waals surface area (Å²) in [6.07, 6.45) is 0.412. The second-order valence-electron chi connectivity index (χ2n) is 8.32. The average Bonchev–Trinajstić information content (AvgIpc) is 2.71. The fourth-order valence-electron chi connectivity index (χ4n) is 2.67. The second-order valence-corrected chi connectivity index (χ2v) is 8.71. The van der Waals surface area contributed by atoms with Crippen LogP contribution in [0, 0.1) is 34.1 Å². The number of rotatable bonds is 8. The highest BCUT2D eigenvalue weighted by Gasteiger charge is 2.21. The molecule has 0 spiro atoms. The molecule has 0 aliphatic heterocycles. The van der Waals surface area contributed by atoms with E-state index >= 15 is 0 Å². The van der Waals surface area contributed by atoms with Crippen LogP contribution in [0.1, 0.15) is 45.5 Å². The summed E-state index contributed by atoms with van der Waals surface area (Å²) in [5.74, 6) is 0.290. The zero-order valence-electron chi connectivity index (χ0n) is 20.6. The van der Waals surface area contributed by atoms with E-state index in [9.17, 15) is 25.0 Å². The lowest BCUT2D eigenvalue weighted by atomic mass is 10.2. The first kappa shape index (κ1) is 29.5. The molecule has 2 heterocycles. The molecule has 0 unspecified atom stereocenters. The predicted octanol–water partition coefficient (Wildman–Crippen LogP) is 5.28. The molecule has 0 aliphatic carbocycles. The molecule has 2 rings (SSSR count). The molecular weight excluding hydrogens is 482 g/mol. The fraction of sp³-hybridized carbons (Fsp3) is 0.500. The van der Waals surface area contributed by atoms with Crippen LogP contribution in [0.25, 0.3) is 0 Å². The van der Waals surface area contributed by atoms with Gasteiger partial charge in [0.1, 0.15) is 28.7 Å². The van der Waals surface area contributed by atoms with Crippen molar-refractivity contribution in [1.29, 1.82) is 0 Å². The molecule has 0 saturated heterocycles. The van der Waals surface area contributed by atoms with Gasteiger partial charge in [0.05, 0.1) is 16.4 Å². The number of aryl methyl sites for hydroxylation is 2. The average molecular weight is 512 g/mol. The Kier molecular flexibility index (Phi) is 11.3. The van der Waals surface area contributed by atoms with E-state index < -0.39 is 15.4 Å². The van der Waals surface area contributed by atoms with Crippen LogP contribution in [0.4, 0.5) is 16.2 Å². The van der Waals surface area contributed by atoms with Gasteiger partial charge < -0.3 is 14.4 Å². The SMILES string of the molecule is CCCN(CCOc1ccc([N+](=O)[O-])c(C)n1)C(=O)OC(C)(C)C.Cc1nc(Cl)ccc1[N+](=O)[O-]. The van der Waals surface area contributed by atoms with Gasteiger partial charge in [0.25, 0.3) is 11.4 Å². The van der Waals surface area contributed by atoms with Gasteiger partial charge in [-0.1, -0.05) is 18.5 Å². The number of carbonyl (C=O) groups excluding carboxylic acids is 1. The number of carbonyl (C=O) groups is 1. The summed E-state index contributed by atoms with van der Waals surface area (Å²) in [4.78, 5) is 41.5. The number of amides is 1. The molecule has 1 amide bonds. The van der Waals surface area contributed by atoms with Crippen LogP contribution in [-0.2, 0) is 4.74 Å². The van der Waals surface area contributed by atoms with E-state index in [1.165, 1.54) is 24.3 Å². The summed E-state index contributed by atoms with van der Waals surface area (Å²) in [5, 5.41) is 21.3. The van der Waals surface area contributed by atoms with Crippen LogP contribution in [0.3, 0.4) is 0 Å². The Morgan fingerprint density at radius 1 is 1.00 bits per heavy atom. The van der Waals surface area contributed by atoms with Crippen LogP contribution in [-0.4, -0.2) is 56.1 Å². The van der Waals surface area contributed by atoms with Gasteiger partial charge in [0, 0.05) is 24.7 Å². The van der Waals surface area contributed by atoms with Crippen molar-refractivity contribution in [1.82, 2.24) is 14.9 Å². The zero-order valence-corrected chi connectivity index (χ0v) is 21.4. The Morgan fingerprint density at radius 3 is 2.00 bits per heavy atom. The van der Waals surface area contributed by atoms with E-state index in [-0.39, 0.29) is 34.9 Å². The van der Waals surface area contributed by atoms with Gasteiger partial charge in [-0.05, 0) is 47.1 Å². The third-order valence-corrected chi connectivity index (χ3v) is 4.42. The van der Waals surface area contributed by atoms with E-state index in [0.29, 0.717) is 24.7 Å². The molecule has 0 aliphatic rings. The zero-order chi connectivity index (χ0) is 26.8. The number of hydrogen-bond donors (Lipinski definition) is 0. The predicted molar refractivity (Wildman–Crippen MR) is 130 cm³/mol. The molecule has 192 valence electrons. The van der Waals surface area contributed by atoms with Crippen LogP contribution >= 0.6 is 11.6 Å².